The number of hydrogen-bond donors (Lipinski definition) is 0. The Balaban J connectivity index is 1.64. The largest absolute Gasteiger partial charge is 0.298 e. The summed E-state index contributed by atoms with van der Waals surface area (Å²) < 4.78 is 15.8. The highest BCUT2D eigenvalue weighted by Crippen LogP contribution is 2.27. The number of nitrogens with zero attached hydrogens (tertiary/aromatic N) is 5. The molecule has 4 rings (SSSR count). The molecular formula is C23H28FN5O. The summed E-state index contributed by atoms with van der Waals surface area (Å²) in [7, 11) is 1.97. The number of Topliss-reactive ketones (excluding diaryl/α,β-unsaturated/α-hetero) is 1. The number of aromatic nitrogens is 4. The Kier molecular flexibility index (Phi) is 5.64. The van der Waals surface area contributed by atoms with Crippen LogP contribution >= 0.6 is 0 Å². The molecule has 7 heteroatoms. The van der Waals surface area contributed by atoms with Gasteiger partial charge in [-0.2, -0.15) is 5.10 Å². The van der Waals surface area contributed by atoms with E-state index >= 15 is 0 Å². The minimum Gasteiger partial charge on any atom is -0.298 e. The van der Waals surface area contributed by atoms with Crippen LogP contribution in [-0.4, -0.2) is 49.2 Å². The SMILES string of the molecule is Cn1ncc(-c2cc3cc(CC(=O)C(C)(C)F)ncc3cn2)c1CN1CCCCC1. The number of halogens is 1. The smallest absolute Gasteiger partial charge is 0.175 e. The van der Waals surface area contributed by atoms with Crippen molar-refractivity contribution < 1.29 is 9.18 Å². The standard InChI is InChI=1S/C23H28FN5O/c1-23(2,24)22(30)11-18-9-16-10-20(26-13-17(16)12-25-18)19-14-27-28(3)21(19)15-29-7-5-4-6-8-29/h9-10,12-14H,4-8,11,15H2,1-3H3. The summed E-state index contributed by atoms with van der Waals surface area (Å²) in [6.45, 7) is 5.65. The predicted molar refractivity (Wildman–Crippen MR) is 115 cm³/mol. The summed E-state index contributed by atoms with van der Waals surface area (Å²) in [6, 6.07) is 3.85. The van der Waals surface area contributed by atoms with E-state index in [4.69, 9.17) is 0 Å². The summed E-state index contributed by atoms with van der Waals surface area (Å²) in [5, 5.41) is 6.29. The summed E-state index contributed by atoms with van der Waals surface area (Å²) in [4.78, 5) is 23.5. The van der Waals surface area contributed by atoms with Crippen LogP contribution in [0.25, 0.3) is 22.0 Å². The van der Waals surface area contributed by atoms with Gasteiger partial charge in [-0.05, 0) is 57.3 Å². The maximum Gasteiger partial charge on any atom is 0.175 e. The summed E-state index contributed by atoms with van der Waals surface area (Å²) in [6.07, 6.45) is 9.11. The Hall–Kier alpha value is -2.67. The van der Waals surface area contributed by atoms with Gasteiger partial charge in [0.15, 0.2) is 11.5 Å². The lowest BCUT2D eigenvalue weighted by molar-refractivity contribution is -0.127. The van der Waals surface area contributed by atoms with Gasteiger partial charge in [0.25, 0.3) is 0 Å². The highest BCUT2D eigenvalue weighted by Gasteiger charge is 2.26. The first kappa shape index (κ1) is 20.6. The number of pyridine rings is 2. The van der Waals surface area contributed by atoms with Gasteiger partial charge in [0.05, 0.1) is 24.0 Å². The van der Waals surface area contributed by atoms with Gasteiger partial charge in [0.1, 0.15) is 0 Å². The summed E-state index contributed by atoms with van der Waals surface area (Å²) in [5.41, 5.74) is 1.71. The zero-order valence-electron chi connectivity index (χ0n) is 17.9. The fourth-order valence-corrected chi connectivity index (χ4v) is 3.90. The number of likely N-dealkylation sites (tertiary alicyclic amines) is 1. The Bertz CT molecular complexity index is 1060. The summed E-state index contributed by atoms with van der Waals surface area (Å²) in [5.74, 6) is -0.472. The van der Waals surface area contributed by atoms with Crippen molar-refractivity contribution in [2.75, 3.05) is 13.1 Å². The maximum absolute atomic E-state index is 13.9. The van der Waals surface area contributed by atoms with E-state index in [1.54, 1.807) is 12.4 Å². The molecular weight excluding hydrogens is 381 g/mol. The fraction of sp³-hybridized carbons (Fsp3) is 0.478. The van der Waals surface area contributed by atoms with Gasteiger partial charge in [-0.25, -0.2) is 4.39 Å². The van der Waals surface area contributed by atoms with Crippen molar-refractivity contribution in [3.63, 3.8) is 0 Å². The first-order chi connectivity index (χ1) is 14.3. The van der Waals surface area contributed by atoms with Crippen molar-refractivity contribution in [2.24, 2.45) is 7.05 Å². The number of rotatable bonds is 6. The number of alkyl halides is 1. The topological polar surface area (TPSA) is 63.9 Å². The lowest BCUT2D eigenvalue weighted by atomic mass is 10.0. The minimum absolute atomic E-state index is 0.0236. The molecule has 1 fully saturated rings. The lowest BCUT2D eigenvalue weighted by Gasteiger charge is -2.26. The molecule has 1 aliphatic heterocycles. The first-order valence-corrected chi connectivity index (χ1v) is 10.5. The second kappa shape index (κ2) is 8.22. The van der Waals surface area contributed by atoms with Gasteiger partial charge in [-0.1, -0.05) is 6.42 Å². The predicted octanol–water partition coefficient (Wildman–Crippen LogP) is 3.88. The second-order valence-corrected chi connectivity index (χ2v) is 8.63. The Labute approximate surface area is 176 Å². The van der Waals surface area contributed by atoms with E-state index in [2.05, 4.69) is 20.0 Å². The Morgan fingerprint density at radius 2 is 1.80 bits per heavy atom. The monoisotopic (exact) mass is 409 g/mol. The van der Waals surface area contributed by atoms with Crippen LogP contribution in [0.5, 0.6) is 0 Å². The molecule has 3 aromatic heterocycles. The van der Waals surface area contributed by atoms with Crippen molar-refractivity contribution in [2.45, 2.75) is 51.7 Å². The number of ketones is 1. The zero-order valence-corrected chi connectivity index (χ0v) is 17.9. The third-order valence-electron chi connectivity index (χ3n) is 5.82. The molecule has 3 aromatic rings. The van der Waals surface area contributed by atoms with Crippen LogP contribution in [0.3, 0.4) is 0 Å². The molecule has 0 bridgehead atoms. The summed E-state index contributed by atoms with van der Waals surface area (Å²) >= 11 is 0. The molecule has 158 valence electrons. The van der Waals surface area contributed by atoms with E-state index in [1.165, 1.54) is 33.1 Å². The molecule has 0 atom stereocenters. The molecule has 0 saturated carbocycles. The number of aryl methyl sites for hydroxylation is 1. The third-order valence-corrected chi connectivity index (χ3v) is 5.82. The third kappa shape index (κ3) is 4.41. The van der Waals surface area contributed by atoms with Gasteiger partial charge in [0.2, 0.25) is 0 Å². The van der Waals surface area contributed by atoms with Crippen LogP contribution in [-0.2, 0) is 24.8 Å². The van der Waals surface area contributed by atoms with E-state index in [1.807, 2.05) is 30.1 Å². The number of hydrogen-bond acceptors (Lipinski definition) is 5. The first-order valence-electron chi connectivity index (χ1n) is 10.5. The van der Waals surface area contributed by atoms with Crippen molar-refractivity contribution >= 4 is 16.6 Å². The quantitative estimate of drug-likeness (QED) is 0.618. The van der Waals surface area contributed by atoms with Crippen LogP contribution in [0.2, 0.25) is 0 Å². The van der Waals surface area contributed by atoms with Gasteiger partial charge in [-0.15, -0.1) is 0 Å². The molecule has 0 aromatic carbocycles. The molecule has 6 nitrogen and oxygen atoms in total. The average Bonchev–Trinajstić information content (AvgIpc) is 3.08. The van der Waals surface area contributed by atoms with Gasteiger partial charge < -0.3 is 0 Å². The molecule has 0 amide bonds. The highest BCUT2D eigenvalue weighted by atomic mass is 19.1. The van der Waals surface area contributed by atoms with E-state index in [-0.39, 0.29) is 6.42 Å². The van der Waals surface area contributed by atoms with Crippen molar-refractivity contribution in [3.05, 3.63) is 42.1 Å². The van der Waals surface area contributed by atoms with Crippen LogP contribution in [0, 0.1) is 0 Å². The average molecular weight is 410 g/mol. The van der Waals surface area contributed by atoms with Crippen LogP contribution in [0.15, 0.2) is 30.7 Å². The number of carbonyl (C=O) groups excluding carboxylic acids is 1. The van der Waals surface area contributed by atoms with E-state index in [0.29, 0.717) is 5.69 Å². The normalized spacial score (nSPS) is 15.6. The molecule has 1 aliphatic rings. The molecule has 0 unspecified atom stereocenters. The molecule has 0 aliphatic carbocycles. The number of carbonyl (C=O) groups is 1. The fourth-order valence-electron chi connectivity index (χ4n) is 3.90. The molecule has 1 saturated heterocycles. The van der Waals surface area contributed by atoms with Crippen LogP contribution < -0.4 is 0 Å². The Morgan fingerprint density at radius 3 is 2.53 bits per heavy atom. The highest BCUT2D eigenvalue weighted by molar-refractivity contribution is 5.90. The van der Waals surface area contributed by atoms with E-state index < -0.39 is 11.5 Å². The minimum atomic E-state index is -1.86. The van der Waals surface area contributed by atoms with Crippen LogP contribution in [0.4, 0.5) is 4.39 Å². The zero-order chi connectivity index (χ0) is 21.3. The molecule has 0 N–H and O–H groups in total. The van der Waals surface area contributed by atoms with Gasteiger partial charge >= 0.3 is 0 Å². The molecule has 0 radical (unpaired) electrons. The van der Waals surface area contributed by atoms with E-state index in [0.717, 1.165) is 47.4 Å². The maximum atomic E-state index is 13.9. The van der Waals surface area contributed by atoms with Gasteiger partial charge in [-0.3, -0.25) is 24.3 Å². The van der Waals surface area contributed by atoms with Crippen LogP contribution in [0.1, 0.15) is 44.5 Å². The Morgan fingerprint density at radius 1 is 1.07 bits per heavy atom. The van der Waals surface area contributed by atoms with Crippen molar-refractivity contribution in [1.82, 2.24) is 24.6 Å². The molecule has 30 heavy (non-hydrogen) atoms. The van der Waals surface area contributed by atoms with E-state index in [9.17, 15) is 9.18 Å². The second-order valence-electron chi connectivity index (χ2n) is 8.63. The number of fused-ring (bicyclic) bond motifs is 1. The molecule has 0 spiro atoms. The van der Waals surface area contributed by atoms with Gasteiger partial charge in [0, 0.05) is 42.6 Å². The van der Waals surface area contributed by atoms with Crippen molar-refractivity contribution in [1.29, 1.82) is 0 Å². The number of piperidine rings is 1. The van der Waals surface area contributed by atoms with Crippen molar-refractivity contribution in [3.8, 4) is 11.3 Å². The lowest BCUT2D eigenvalue weighted by Crippen LogP contribution is -2.30. The molecule has 4 heterocycles.